The highest BCUT2D eigenvalue weighted by molar-refractivity contribution is 6.44. The molecule has 0 aromatic carbocycles. The van der Waals surface area contributed by atoms with E-state index in [4.69, 9.17) is 0 Å². The molecule has 11 heavy (non-hydrogen) atoms. The van der Waals surface area contributed by atoms with E-state index < -0.39 is 0 Å². The highest BCUT2D eigenvalue weighted by Crippen LogP contribution is 2.21. The van der Waals surface area contributed by atoms with Crippen LogP contribution in [0.2, 0.25) is 5.67 Å². The topological polar surface area (TPSA) is 3.24 Å². The van der Waals surface area contributed by atoms with Crippen LogP contribution in [0.3, 0.4) is 0 Å². The Morgan fingerprint density at radius 2 is 1.91 bits per heavy atom. The summed E-state index contributed by atoms with van der Waals surface area (Å²) in [6.07, 6.45) is 4.38. The molecular formula is C8H21NSi2. The van der Waals surface area contributed by atoms with Crippen LogP contribution in [0.5, 0.6) is 0 Å². The average molecular weight is 187 g/mol. The number of nitrogens with zero attached hydrogens (tertiary/aromatic N) is 1. The number of hydrogen-bond acceptors (Lipinski definition) is 1. The fraction of sp³-hybridized carbons (Fsp3) is 1.00. The minimum Gasteiger partial charge on any atom is -0.325 e. The molecule has 0 aliphatic carbocycles. The van der Waals surface area contributed by atoms with Gasteiger partial charge in [0, 0.05) is 22.3 Å². The first-order valence-electron chi connectivity index (χ1n) is 5.01. The van der Waals surface area contributed by atoms with Crippen LogP contribution in [-0.2, 0) is 0 Å². The van der Waals surface area contributed by atoms with Crippen LogP contribution >= 0.6 is 0 Å². The first-order chi connectivity index (χ1) is 5.25. The molecular weight excluding hydrogens is 166 g/mol. The number of hydrogen-bond donors (Lipinski definition) is 0. The van der Waals surface area contributed by atoms with E-state index in [1.165, 1.54) is 29.5 Å². The summed E-state index contributed by atoms with van der Waals surface area (Å²) >= 11 is 0. The lowest BCUT2D eigenvalue weighted by Gasteiger charge is -2.39. The van der Waals surface area contributed by atoms with Gasteiger partial charge < -0.3 is 4.57 Å². The molecule has 1 aliphatic heterocycles. The summed E-state index contributed by atoms with van der Waals surface area (Å²) in [7, 11) is 1.60. The molecule has 1 aliphatic rings. The van der Waals surface area contributed by atoms with Crippen LogP contribution in [0.25, 0.3) is 0 Å². The van der Waals surface area contributed by atoms with Crippen molar-refractivity contribution in [2.75, 3.05) is 0 Å². The molecule has 0 radical (unpaired) electrons. The normalized spacial score (nSPS) is 35.5. The van der Waals surface area contributed by atoms with Crippen LogP contribution in [-0.4, -0.2) is 36.6 Å². The molecule has 0 N–H and O–H groups in total. The van der Waals surface area contributed by atoms with Crippen molar-refractivity contribution >= 4 is 19.9 Å². The molecule has 0 spiro atoms. The molecule has 3 heteroatoms. The third-order valence-electron chi connectivity index (χ3n) is 2.86. The van der Waals surface area contributed by atoms with Crippen LogP contribution < -0.4 is 0 Å². The molecule has 1 rings (SSSR count). The zero-order valence-corrected chi connectivity index (χ0v) is 11.6. The fourth-order valence-electron chi connectivity index (χ4n) is 2.17. The fourth-order valence-corrected chi connectivity index (χ4v) is 5.49. The number of rotatable bonds is 2. The lowest BCUT2D eigenvalue weighted by atomic mass is 10.0. The maximum absolute atomic E-state index is 2.83. The maximum Gasteiger partial charge on any atom is 0.0923 e. The van der Waals surface area contributed by atoms with Gasteiger partial charge in [-0.25, -0.2) is 0 Å². The van der Waals surface area contributed by atoms with Gasteiger partial charge in [-0.1, -0.05) is 25.9 Å². The van der Waals surface area contributed by atoms with E-state index >= 15 is 0 Å². The molecule has 0 aromatic rings. The SMILES string of the molecule is CC1CCCC(C)N1[SiH2]C[SiH3]. The molecule has 1 saturated heterocycles. The van der Waals surface area contributed by atoms with Gasteiger partial charge >= 0.3 is 0 Å². The minimum atomic E-state index is 0.176. The summed E-state index contributed by atoms with van der Waals surface area (Å²) in [5.41, 5.74) is 1.58. The van der Waals surface area contributed by atoms with Crippen molar-refractivity contribution < 1.29 is 0 Å². The van der Waals surface area contributed by atoms with E-state index in [1.807, 2.05) is 0 Å². The zero-order chi connectivity index (χ0) is 8.27. The Balaban J connectivity index is 2.41. The molecule has 66 valence electrons. The Labute approximate surface area is 75.9 Å². The third kappa shape index (κ3) is 2.42. The first-order valence-corrected chi connectivity index (χ1v) is 8.06. The minimum absolute atomic E-state index is 0.176. The second-order valence-electron chi connectivity index (χ2n) is 3.87. The van der Waals surface area contributed by atoms with Crippen molar-refractivity contribution in [1.82, 2.24) is 4.57 Å². The predicted octanol–water partition coefficient (Wildman–Crippen LogP) is 0.0743. The highest BCUT2D eigenvalue weighted by atomic mass is 28.3. The summed E-state index contributed by atoms with van der Waals surface area (Å²) in [5.74, 6) is 0. The zero-order valence-electron chi connectivity index (χ0n) is 8.14. The molecule has 0 amide bonds. The Kier molecular flexibility index (Phi) is 3.82. The lowest BCUT2D eigenvalue weighted by Crippen LogP contribution is -2.45. The van der Waals surface area contributed by atoms with Crippen molar-refractivity contribution in [2.45, 2.75) is 50.9 Å². The predicted molar refractivity (Wildman–Crippen MR) is 57.9 cm³/mol. The largest absolute Gasteiger partial charge is 0.325 e. The molecule has 0 aromatic heterocycles. The van der Waals surface area contributed by atoms with Gasteiger partial charge in [-0.15, -0.1) is 0 Å². The Hall–Kier alpha value is 0.394. The lowest BCUT2D eigenvalue weighted by molar-refractivity contribution is 0.206. The van der Waals surface area contributed by atoms with Gasteiger partial charge in [0.05, 0.1) is 9.68 Å². The molecule has 1 nitrogen and oxygen atoms in total. The van der Waals surface area contributed by atoms with Crippen LogP contribution in [0, 0.1) is 0 Å². The summed E-state index contributed by atoms with van der Waals surface area (Å²) in [6, 6.07) is 1.83. The van der Waals surface area contributed by atoms with Crippen molar-refractivity contribution in [3.8, 4) is 0 Å². The smallest absolute Gasteiger partial charge is 0.0923 e. The maximum atomic E-state index is 2.83. The van der Waals surface area contributed by atoms with E-state index in [2.05, 4.69) is 18.4 Å². The summed E-state index contributed by atoms with van der Waals surface area (Å²) in [4.78, 5) is 0. The molecule has 2 atom stereocenters. The molecule has 0 saturated carbocycles. The van der Waals surface area contributed by atoms with Gasteiger partial charge in [0.2, 0.25) is 0 Å². The van der Waals surface area contributed by atoms with Crippen LogP contribution in [0.4, 0.5) is 0 Å². The standard InChI is InChI=1S/C8H21NSi2/c1-7-4-3-5-8(2)9(7)11-6-10/h7-8H,3-6,11H2,1-2,10H3. The Bertz CT molecular complexity index is 109. The van der Waals surface area contributed by atoms with Crippen LogP contribution in [0.1, 0.15) is 33.1 Å². The number of piperidine rings is 1. The summed E-state index contributed by atoms with van der Waals surface area (Å²) < 4.78 is 2.83. The Morgan fingerprint density at radius 1 is 1.36 bits per heavy atom. The quantitative estimate of drug-likeness (QED) is 0.553. The van der Waals surface area contributed by atoms with E-state index in [-0.39, 0.29) is 9.68 Å². The first kappa shape index (κ1) is 9.48. The second-order valence-corrected chi connectivity index (χ2v) is 9.04. The van der Waals surface area contributed by atoms with E-state index in [9.17, 15) is 0 Å². The third-order valence-corrected chi connectivity index (χ3v) is 6.41. The van der Waals surface area contributed by atoms with Crippen molar-refractivity contribution in [1.29, 1.82) is 0 Å². The highest BCUT2D eigenvalue weighted by Gasteiger charge is 2.22. The molecule has 0 bridgehead atoms. The van der Waals surface area contributed by atoms with Crippen molar-refractivity contribution in [3.05, 3.63) is 0 Å². The summed E-state index contributed by atoms with van der Waals surface area (Å²) in [6.45, 7) is 4.83. The molecule has 2 unspecified atom stereocenters. The van der Waals surface area contributed by atoms with E-state index in [0.717, 1.165) is 12.1 Å². The van der Waals surface area contributed by atoms with Gasteiger partial charge in [-0.05, 0) is 12.8 Å². The monoisotopic (exact) mass is 187 g/mol. The average Bonchev–Trinajstić information content (AvgIpc) is 1.97. The van der Waals surface area contributed by atoms with E-state index in [1.54, 1.807) is 5.67 Å². The van der Waals surface area contributed by atoms with Crippen molar-refractivity contribution in [3.63, 3.8) is 0 Å². The second kappa shape index (κ2) is 4.43. The molecule has 1 heterocycles. The Morgan fingerprint density at radius 3 is 2.36 bits per heavy atom. The van der Waals surface area contributed by atoms with Gasteiger partial charge in [-0.2, -0.15) is 0 Å². The van der Waals surface area contributed by atoms with E-state index in [0.29, 0.717) is 0 Å². The van der Waals surface area contributed by atoms with Gasteiger partial charge in [0.1, 0.15) is 0 Å². The van der Waals surface area contributed by atoms with Gasteiger partial charge in [0.15, 0.2) is 0 Å². The van der Waals surface area contributed by atoms with Crippen molar-refractivity contribution in [2.24, 2.45) is 0 Å². The summed E-state index contributed by atoms with van der Waals surface area (Å²) in [5, 5.41) is 0. The van der Waals surface area contributed by atoms with Crippen LogP contribution in [0.15, 0.2) is 0 Å². The van der Waals surface area contributed by atoms with Gasteiger partial charge in [-0.3, -0.25) is 0 Å². The molecule has 1 fully saturated rings. The van der Waals surface area contributed by atoms with Gasteiger partial charge in [0.25, 0.3) is 0 Å².